The van der Waals surface area contributed by atoms with Crippen LogP contribution >= 0.6 is 23.2 Å². The first-order valence-electron chi connectivity index (χ1n) is 46.8. The number of aliphatic hydroxyl groups excluding tert-OH is 2. The number of benzene rings is 5. The number of aliphatic hydroxyl groups is 4. The minimum absolute atomic E-state index is 0. The van der Waals surface area contributed by atoms with E-state index in [1.807, 2.05) is 61.5 Å². The third-order valence-corrected chi connectivity index (χ3v) is 23.5. The van der Waals surface area contributed by atoms with E-state index in [1.165, 1.54) is 74.5 Å². The average molecular weight is 2060 g/mol. The van der Waals surface area contributed by atoms with Gasteiger partial charge in [0.05, 0.1) is 41.4 Å². The first-order chi connectivity index (χ1) is 67.1. The summed E-state index contributed by atoms with van der Waals surface area (Å²) in [6.45, 7) is 51.2. The van der Waals surface area contributed by atoms with Crippen LogP contribution in [0.25, 0.3) is 61.9 Å². The van der Waals surface area contributed by atoms with Gasteiger partial charge in [0.15, 0.2) is 28.7 Å². The molecule has 0 bridgehead atoms. The third-order valence-electron chi connectivity index (χ3n) is 23.1. The summed E-state index contributed by atoms with van der Waals surface area (Å²) in [5.41, 5.74) is 8.12. The molecular formula is C109H132BCl2F5N10O19. The number of hydrogen-bond donors (Lipinski definition) is 9. The summed E-state index contributed by atoms with van der Waals surface area (Å²) in [5, 5.41) is 52.6. The highest BCUT2D eigenvalue weighted by Crippen LogP contribution is 2.51. The van der Waals surface area contributed by atoms with Gasteiger partial charge in [0.25, 0.3) is 0 Å². The Kier molecular flexibility index (Phi) is 35.2. The lowest BCUT2D eigenvalue weighted by atomic mass is 9.76. The summed E-state index contributed by atoms with van der Waals surface area (Å²) >= 11 is 12.2. The van der Waals surface area contributed by atoms with Crippen LogP contribution in [-0.2, 0) is 67.2 Å². The largest absolute Gasteiger partial charge is 0.489 e. The molecule has 784 valence electrons. The van der Waals surface area contributed by atoms with Crippen molar-refractivity contribution < 1.29 is 113 Å². The fourth-order valence-electron chi connectivity index (χ4n) is 15.9. The number of nitrogens with two attached hydrogens (primary N) is 1. The van der Waals surface area contributed by atoms with Crippen LogP contribution in [0.5, 0.6) is 28.7 Å². The van der Waals surface area contributed by atoms with Crippen molar-refractivity contribution in [2.45, 2.75) is 253 Å². The Hall–Kier alpha value is -12.6. The Morgan fingerprint density at radius 1 is 0.418 bits per heavy atom. The van der Waals surface area contributed by atoms with Gasteiger partial charge in [-0.3, -0.25) is 0 Å². The van der Waals surface area contributed by atoms with E-state index in [0.717, 1.165) is 39.7 Å². The fourth-order valence-corrected chi connectivity index (χ4v) is 16.3. The van der Waals surface area contributed by atoms with Gasteiger partial charge < -0.3 is 99.4 Å². The van der Waals surface area contributed by atoms with Gasteiger partial charge in [-0.15, -0.1) is 6.58 Å². The van der Waals surface area contributed by atoms with Crippen LogP contribution in [0.15, 0.2) is 170 Å². The molecule has 5 aromatic heterocycles. The minimum Gasteiger partial charge on any atom is -0.489 e. The van der Waals surface area contributed by atoms with Crippen molar-refractivity contribution in [3.8, 4) is 85.0 Å². The molecule has 0 aliphatic carbocycles. The van der Waals surface area contributed by atoms with Crippen LogP contribution in [0.3, 0.4) is 0 Å². The quantitative estimate of drug-likeness (QED) is 0.0199. The molecule has 37 heteroatoms. The molecule has 1 fully saturated rings. The monoisotopic (exact) mass is 2060 g/mol. The van der Waals surface area contributed by atoms with Crippen LogP contribution in [-0.4, -0.2) is 157 Å². The van der Waals surface area contributed by atoms with Gasteiger partial charge in [-0.1, -0.05) is 42.7 Å². The summed E-state index contributed by atoms with van der Waals surface area (Å²) in [6.07, 6.45) is -1.10. The predicted molar refractivity (Wildman–Crippen MR) is 550 cm³/mol. The number of alkyl carbamates (subject to hydrolysis) is 4. The molecule has 5 aromatic carbocycles. The van der Waals surface area contributed by atoms with Crippen LogP contribution in [0.4, 0.5) is 41.1 Å². The molecule has 16 rings (SSSR count). The maximum Gasteiger partial charge on any atom is 0.489 e. The zero-order valence-corrected chi connectivity index (χ0v) is 87.5. The van der Waals surface area contributed by atoms with Crippen molar-refractivity contribution >= 4 is 60.3 Å². The lowest BCUT2D eigenvalue weighted by Crippen LogP contribution is -2.47. The second-order valence-electron chi connectivity index (χ2n) is 42.6. The molecule has 146 heavy (non-hydrogen) atoms. The maximum absolute atomic E-state index is 13.4. The van der Waals surface area contributed by atoms with Crippen LogP contribution in [0.2, 0.25) is 10.3 Å². The van der Waals surface area contributed by atoms with E-state index in [1.54, 1.807) is 161 Å². The molecule has 4 amide bonds. The zero-order chi connectivity index (χ0) is 107. The SMILES string of the molecule is C.C=C(C)B1OC(C)CC(C)(C)O1.C=C(C)c1cc2c(c(-c3ccc(F)cc3)n1)OCC2(C)NC(=O)OC(C)(C)C.CC(C)(C)OC(=O)NC1(C)COc2c1cc(Cl)nc2-c1ccc(F)cc1.CC(C)(C)OC(=O)N[C@@]1(C)COc2c1cc([C@@](C)(O)CO)nc2-c1ccc(F)cc1.CC(C)(C)OC(=O)N[C@]1(C)COc2c1cc([C@@](C)(O)CO)nc2-c1ccc(F)cc1.CC1(N)COc2c1cc(Cl)nc2-c1ccc(F)cc1. The molecule has 10 N–H and O–H groups in total. The molecule has 0 spiro atoms. The van der Waals surface area contributed by atoms with Crippen molar-refractivity contribution in [2.75, 3.05) is 46.2 Å². The molecule has 29 nitrogen and oxygen atoms in total. The molecule has 10 aromatic rings. The van der Waals surface area contributed by atoms with Gasteiger partial charge >= 0.3 is 31.5 Å². The molecule has 6 aliphatic rings. The molecular weight excluding hydrogens is 1930 g/mol. The van der Waals surface area contributed by atoms with Crippen LogP contribution in [0.1, 0.15) is 225 Å². The fraction of sp³-hybridized carbons (Fsp3) is 0.422. The standard InChI is InChI=1S/2C22H27FN2O5.C22H25FN2O3.C19H20ClFN2O3.C14H12ClFN2O.C9H17BO2.CH4/c2*1-20(2,3)30-19(27)25-21(4)12-29-18-15(21)10-16(22(5,28)11-26)24-17(18)13-6-8-14(23)9-7-13;1-13(2)17-11-16-19(18(24-17)14-7-9-15(23)10-8-14)27-12-22(16,6)25-20(26)28-21(3,4)5;1-18(2,3)26-17(24)23-19(4)10-25-16-13(19)9-14(20)22-15(16)11-5-7-12(21)8-6-11;1-14(17)7-19-13-10(14)6-11(15)18-12(13)8-2-4-9(16)5-3-8;1-7(2)10-11-8(3)6-9(4,5)12-10;/h2*6-10,26,28H,11-12H2,1-5H3,(H,25,27);7-11H,1,12H2,2-6H3,(H,25,26);5-9H,10H2,1-4H3,(H,23,24);2-6H,7,17H2,1H3;8H,1,6H2,2-5H3;1H4/t21-,22+;21-,22-;;;;;/m10...../s1. The number of rotatable bonds is 15. The number of hydrogen-bond acceptors (Lipinski definition) is 25. The van der Waals surface area contributed by atoms with Crippen molar-refractivity contribution in [3.63, 3.8) is 0 Å². The number of aromatic nitrogens is 5. The van der Waals surface area contributed by atoms with Gasteiger partial charge in [0, 0.05) is 61.7 Å². The van der Waals surface area contributed by atoms with Gasteiger partial charge in [0.2, 0.25) is 0 Å². The average Bonchev–Trinajstić information content (AvgIpc) is 1.59. The highest BCUT2D eigenvalue weighted by Gasteiger charge is 2.48. The Bertz CT molecular complexity index is 6290. The summed E-state index contributed by atoms with van der Waals surface area (Å²) in [4.78, 5) is 71.7. The normalized spacial score (nSPS) is 20.2. The highest BCUT2D eigenvalue weighted by molar-refractivity contribution is 6.53. The number of amides is 4. The number of allylic oxidation sites excluding steroid dienone is 2. The van der Waals surface area contributed by atoms with Crippen LogP contribution < -0.4 is 50.7 Å². The van der Waals surface area contributed by atoms with Gasteiger partial charge in [-0.25, -0.2) is 66.1 Å². The van der Waals surface area contributed by atoms with Crippen molar-refractivity contribution in [1.82, 2.24) is 46.2 Å². The van der Waals surface area contributed by atoms with E-state index in [4.69, 9.17) is 80.9 Å². The Labute approximate surface area is 859 Å². The maximum atomic E-state index is 13.4. The number of nitrogens with zero attached hydrogens (tertiary/aromatic N) is 5. The third kappa shape index (κ3) is 29.0. The van der Waals surface area contributed by atoms with Crippen molar-refractivity contribution in [1.29, 1.82) is 0 Å². The van der Waals surface area contributed by atoms with E-state index < -0.39 is 111 Å². The lowest BCUT2D eigenvalue weighted by Gasteiger charge is -2.38. The number of pyridine rings is 5. The first kappa shape index (κ1) is 115. The molecule has 11 heterocycles. The second-order valence-corrected chi connectivity index (χ2v) is 43.4. The number of fused-ring (bicyclic) bond motifs is 5. The van der Waals surface area contributed by atoms with Crippen molar-refractivity contribution in [3.05, 3.63) is 255 Å². The summed E-state index contributed by atoms with van der Waals surface area (Å²) < 4.78 is 128. The smallest absolute Gasteiger partial charge is 0.489 e. The second kappa shape index (κ2) is 44.6. The van der Waals surface area contributed by atoms with E-state index in [-0.39, 0.29) is 86.7 Å². The Morgan fingerprint density at radius 3 is 0.925 bits per heavy atom. The van der Waals surface area contributed by atoms with Crippen molar-refractivity contribution in [2.24, 2.45) is 5.73 Å². The Balaban J connectivity index is 0.000000182. The topological polar surface area (TPSA) is 389 Å². The number of carbonyl (C=O) groups excluding carboxylic acids is 4. The summed E-state index contributed by atoms with van der Waals surface area (Å²) in [7, 11) is -0.219. The molecule has 4 unspecified atom stereocenters. The predicted octanol–water partition coefficient (Wildman–Crippen LogP) is 22.1. The molecule has 6 aliphatic heterocycles. The number of ether oxygens (including phenoxy) is 9. The van der Waals surface area contributed by atoms with E-state index in [0.29, 0.717) is 108 Å². The summed E-state index contributed by atoms with van der Waals surface area (Å²) in [5.74, 6) is 0.772. The number of nitrogens with one attached hydrogen (secondary N) is 4. The number of carbonyl (C=O) groups is 4. The van der Waals surface area contributed by atoms with E-state index in [9.17, 15) is 61.6 Å². The highest BCUT2D eigenvalue weighted by atomic mass is 35.5. The van der Waals surface area contributed by atoms with Gasteiger partial charge in [-0.2, -0.15) is 0 Å². The number of halogens is 7. The van der Waals surface area contributed by atoms with Crippen LogP contribution in [0, 0.1) is 29.1 Å². The summed E-state index contributed by atoms with van der Waals surface area (Å²) in [6, 6.07) is 37.9. The Morgan fingerprint density at radius 2 is 0.664 bits per heavy atom. The molecule has 8 atom stereocenters. The lowest BCUT2D eigenvalue weighted by molar-refractivity contribution is -0.0250. The molecule has 0 saturated carbocycles. The van der Waals surface area contributed by atoms with E-state index in [2.05, 4.69) is 80.1 Å². The van der Waals surface area contributed by atoms with E-state index >= 15 is 0 Å². The first-order valence-corrected chi connectivity index (χ1v) is 47.6. The molecule has 0 radical (unpaired) electrons. The van der Waals surface area contributed by atoms with Gasteiger partial charge in [0.1, 0.15) is 157 Å². The minimum atomic E-state index is -1.63. The molecule has 1 saturated heterocycles. The van der Waals surface area contributed by atoms with Gasteiger partial charge in [-0.05, 0) is 330 Å². The zero-order valence-electron chi connectivity index (χ0n) is 86.0.